The van der Waals surface area contributed by atoms with Crippen LogP contribution < -0.4 is 5.73 Å². The minimum atomic E-state index is -4.72. The van der Waals surface area contributed by atoms with Crippen LogP contribution in [-0.4, -0.2) is 59.9 Å². The normalized spacial score (nSPS) is 14.8. The Balaban J connectivity index is 4.61. The number of esters is 2. The molecule has 0 rings (SSSR count). The molecule has 0 aliphatic carbocycles. The molecule has 0 aromatic heterocycles. The lowest BCUT2D eigenvalue weighted by molar-refractivity contribution is -0.161. The van der Waals surface area contributed by atoms with E-state index in [9.17, 15) is 23.8 Å². The van der Waals surface area contributed by atoms with Gasteiger partial charge in [0, 0.05) is 12.8 Å². The van der Waals surface area contributed by atoms with E-state index in [4.69, 9.17) is 24.8 Å². The van der Waals surface area contributed by atoms with Gasteiger partial charge in [0.1, 0.15) is 12.6 Å². The second-order valence-corrected chi connectivity index (χ2v) is 12.8. The van der Waals surface area contributed by atoms with Gasteiger partial charge in [-0.3, -0.25) is 23.4 Å². The van der Waals surface area contributed by atoms with Crippen LogP contribution in [0.25, 0.3) is 0 Å². The number of carboxylic acid groups (broad SMARTS) is 1. The molecule has 0 saturated carbocycles. The largest absolute Gasteiger partial charge is 0.480 e. The number of phosphoric acid groups is 1. The van der Waals surface area contributed by atoms with Gasteiger partial charge in [0.05, 0.1) is 13.2 Å². The zero-order valence-corrected chi connectivity index (χ0v) is 29.9. The molecule has 0 heterocycles. The van der Waals surface area contributed by atoms with Crippen LogP contribution in [0.3, 0.4) is 0 Å². The van der Waals surface area contributed by atoms with Gasteiger partial charge in [0.15, 0.2) is 6.10 Å². The molecule has 11 nitrogen and oxygen atoms in total. The number of ether oxygens (including phenoxy) is 2. The summed E-state index contributed by atoms with van der Waals surface area (Å²) in [6.45, 7) is 2.52. The number of allylic oxidation sites excluding steroid dienone is 10. The summed E-state index contributed by atoms with van der Waals surface area (Å²) in [5.41, 5.74) is 5.30. The number of aliphatic carboxylic acids is 1. The Kier molecular flexibility index (Phi) is 29.6. The van der Waals surface area contributed by atoms with Crippen LogP contribution in [0.1, 0.15) is 117 Å². The minimum Gasteiger partial charge on any atom is -0.480 e. The van der Waals surface area contributed by atoms with Gasteiger partial charge in [0.25, 0.3) is 0 Å². The molecule has 12 heteroatoms. The highest BCUT2D eigenvalue weighted by atomic mass is 31.2. The summed E-state index contributed by atoms with van der Waals surface area (Å²) in [6.07, 6.45) is 33.1. The quantitative estimate of drug-likeness (QED) is 0.0210. The first-order valence-electron chi connectivity index (χ1n) is 17.4. The van der Waals surface area contributed by atoms with E-state index in [1.807, 2.05) is 36.5 Å². The van der Waals surface area contributed by atoms with Gasteiger partial charge in [-0.2, -0.15) is 0 Å². The Hall–Kier alpha value is -2.82. The lowest BCUT2D eigenvalue weighted by Gasteiger charge is -2.20. The first-order valence-corrected chi connectivity index (χ1v) is 18.9. The molecule has 0 radical (unpaired) electrons. The van der Waals surface area contributed by atoms with Crippen molar-refractivity contribution in [1.29, 1.82) is 0 Å². The fourth-order valence-corrected chi connectivity index (χ4v) is 4.83. The maximum Gasteiger partial charge on any atom is 0.472 e. The molecule has 48 heavy (non-hydrogen) atoms. The van der Waals surface area contributed by atoms with Crippen molar-refractivity contribution in [3.05, 3.63) is 60.8 Å². The number of hydrogen-bond donors (Lipinski definition) is 3. The van der Waals surface area contributed by atoms with Crippen molar-refractivity contribution in [2.75, 3.05) is 19.8 Å². The number of rotatable bonds is 31. The van der Waals surface area contributed by atoms with Crippen molar-refractivity contribution in [3.8, 4) is 0 Å². The summed E-state index contributed by atoms with van der Waals surface area (Å²) < 4.78 is 32.4. The third kappa shape index (κ3) is 30.5. The Morgan fingerprint density at radius 2 is 1.19 bits per heavy atom. The van der Waals surface area contributed by atoms with E-state index >= 15 is 0 Å². The Labute approximate surface area is 287 Å². The molecule has 0 saturated heterocycles. The second kappa shape index (κ2) is 31.4. The van der Waals surface area contributed by atoms with Gasteiger partial charge in [-0.25, -0.2) is 4.57 Å². The highest BCUT2D eigenvalue weighted by molar-refractivity contribution is 7.47. The molecule has 0 fully saturated rings. The van der Waals surface area contributed by atoms with Gasteiger partial charge in [-0.05, 0) is 51.4 Å². The molecule has 274 valence electrons. The summed E-state index contributed by atoms with van der Waals surface area (Å²) in [6, 6.07) is -1.53. The topological polar surface area (TPSA) is 172 Å². The smallest absolute Gasteiger partial charge is 0.472 e. The van der Waals surface area contributed by atoms with Gasteiger partial charge in [-0.1, -0.05) is 113 Å². The maximum atomic E-state index is 12.5. The van der Waals surface area contributed by atoms with Crippen LogP contribution in [0.4, 0.5) is 0 Å². The van der Waals surface area contributed by atoms with Crippen molar-refractivity contribution < 1.29 is 47.5 Å². The Morgan fingerprint density at radius 1 is 0.667 bits per heavy atom. The summed E-state index contributed by atoms with van der Waals surface area (Å²) >= 11 is 0. The molecule has 0 aliphatic rings. The Bertz CT molecular complexity index is 1050. The van der Waals surface area contributed by atoms with E-state index < -0.39 is 51.1 Å². The number of carboxylic acids is 1. The summed E-state index contributed by atoms with van der Waals surface area (Å²) in [4.78, 5) is 45.6. The second-order valence-electron chi connectivity index (χ2n) is 11.4. The first-order chi connectivity index (χ1) is 23.1. The molecule has 4 N–H and O–H groups in total. The van der Waals surface area contributed by atoms with Crippen molar-refractivity contribution >= 4 is 25.7 Å². The number of unbranched alkanes of at least 4 members (excludes halogenated alkanes) is 10. The van der Waals surface area contributed by atoms with Gasteiger partial charge >= 0.3 is 25.7 Å². The molecular weight excluding hydrogens is 637 g/mol. The highest BCUT2D eigenvalue weighted by Crippen LogP contribution is 2.43. The van der Waals surface area contributed by atoms with E-state index in [0.29, 0.717) is 12.8 Å². The SMILES string of the molecule is CC/C=C/C=C/C=C/C=C/CCCCCC(=O)OC(COC(=O)CCCCCCC/C=C/CCCC)COP(=O)(O)OC[C@H](N)C(=O)O. The fourth-order valence-electron chi connectivity index (χ4n) is 4.05. The first kappa shape index (κ1) is 45.2. The van der Waals surface area contributed by atoms with E-state index in [0.717, 1.165) is 64.2 Å². The van der Waals surface area contributed by atoms with Crippen molar-refractivity contribution in [1.82, 2.24) is 0 Å². The molecule has 0 aliphatic heterocycles. The zero-order chi connectivity index (χ0) is 35.7. The Morgan fingerprint density at radius 3 is 1.83 bits per heavy atom. The molecule has 2 unspecified atom stereocenters. The molecule has 0 aromatic rings. The predicted octanol–water partition coefficient (Wildman–Crippen LogP) is 8.05. The number of carbonyl (C=O) groups excluding carboxylic acids is 2. The van der Waals surface area contributed by atoms with E-state index in [1.54, 1.807) is 0 Å². The van der Waals surface area contributed by atoms with Crippen LogP contribution in [-0.2, 0) is 37.5 Å². The molecule has 0 spiro atoms. The average Bonchev–Trinajstić information content (AvgIpc) is 3.05. The molecule has 3 atom stereocenters. The van der Waals surface area contributed by atoms with Crippen molar-refractivity contribution in [2.45, 2.75) is 129 Å². The molecule has 0 aromatic carbocycles. The van der Waals surface area contributed by atoms with Crippen LogP contribution >= 0.6 is 7.82 Å². The van der Waals surface area contributed by atoms with Crippen molar-refractivity contribution in [2.24, 2.45) is 5.73 Å². The van der Waals surface area contributed by atoms with Crippen LogP contribution in [0, 0.1) is 0 Å². The molecule has 0 amide bonds. The summed E-state index contributed by atoms with van der Waals surface area (Å²) in [5, 5.41) is 8.83. The molecule has 0 bridgehead atoms. The van der Waals surface area contributed by atoms with E-state index in [2.05, 4.69) is 42.7 Å². The summed E-state index contributed by atoms with van der Waals surface area (Å²) in [7, 11) is -4.72. The van der Waals surface area contributed by atoms with Crippen LogP contribution in [0.15, 0.2) is 60.8 Å². The van der Waals surface area contributed by atoms with Gasteiger partial charge in [0.2, 0.25) is 0 Å². The molecular formula is C36H60NO10P. The van der Waals surface area contributed by atoms with Crippen molar-refractivity contribution in [3.63, 3.8) is 0 Å². The number of phosphoric ester groups is 1. The lowest BCUT2D eigenvalue weighted by Crippen LogP contribution is -2.34. The number of nitrogens with two attached hydrogens (primary N) is 1. The lowest BCUT2D eigenvalue weighted by atomic mass is 10.1. The van der Waals surface area contributed by atoms with E-state index in [-0.39, 0.29) is 19.4 Å². The maximum absolute atomic E-state index is 12.5. The average molecular weight is 698 g/mol. The van der Waals surface area contributed by atoms with Crippen LogP contribution in [0.2, 0.25) is 0 Å². The minimum absolute atomic E-state index is 0.111. The van der Waals surface area contributed by atoms with Crippen LogP contribution in [0.5, 0.6) is 0 Å². The standard InChI is InChI=1S/C36H60NO10P/c1-3-5-7-9-11-13-15-16-18-20-22-24-26-28-35(39)47-32(30-45-48(42,43)46-31-33(37)36(40)41)29-44-34(38)27-25-23-21-19-17-14-12-10-8-6-4-2/h5,7,9-13,15-16,18,32-33H,3-4,6,8,14,17,19-31,37H2,1-2H3,(H,40,41)(H,42,43)/b7-5+,11-9+,12-10+,15-13+,18-16+/t32?,33-/m0/s1. The third-order valence-electron chi connectivity index (χ3n) is 6.84. The van der Waals surface area contributed by atoms with Gasteiger partial charge in [-0.15, -0.1) is 0 Å². The fraction of sp³-hybridized carbons (Fsp3) is 0.639. The zero-order valence-electron chi connectivity index (χ0n) is 29.0. The highest BCUT2D eigenvalue weighted by Gasteiger charge is 2.28. The third-order valence-corrected chi connectivity index (χ3v) is 7.79. The van der Waals surface area contributed by atoms with E-state index in [1.165, 1.54) is 12.8 Å². The predicted molar refractivity (Wildman–Crippen MR) is 189 cm³/mol. The number of carbonyl (C=O) groups is 3. The van der Waals surface area contributed by atoms with Gasteiger partial charge < -0.3 is 25.2 Å². The summed E-state index contributed by atoms with van der Waals surface area (Å²) in [5.74, 6) is -2.46. The monoisotopic (exact) mass is 697 g/mol. The number of hydrogen-bond acceptors (Lipinski definition) is 9.